The van der Waals surface area contributed by atoms with Crippen molar-refractivity contribution in [3.8, 4) is 0 Å². The van der Waals surface area contributed by atoms with Crippen molar-refractivity contribution in [2.75, 3.05) is 11.9 Å². The Balaban J connectivity index is 1.24. The van der Waals surface area contributed by atoms with Crippen LogP contribution in [0.3, 0.4) is 0 Å². The van der Waals surface area contributed by atoms with Crippen molar-refractivity contribution in [1.29, 1.82) is 0 Å². The molecular formula is C26H30FN3O3S. The maximum atomic E-state index is 13.2. The van der Waals surface area contributed by atoms with Gasteiger partial charge in [-0.1, -0.05) is 24.3 Å². The van der Waals surface area contributed by atoms with E-state index in [-0.39, 0.29) is 11.9 Å². The van der Waals surface area contributed by atoms with Crippen LogP contribution >= 0.6 is 0 Å². The molecule has 0 radical (unpaired) electrons. The van der Waals surface area contributed by atoms with Crippen LogP contribution in [0.15, 0.2) is 41.8 Å². The van der Waals surface area contributed by atoms with E-state index in [9.17, 15) is 17.6 Å². The van der Waals surface area contributed by atoms with Gasteiger partial charge in [-0.3, -0.25) is 4.90 Å². The van der Waals surface area contributed by atoms with Crippen molar-refractivity contribution in [2.45, 2.75) is 64.0 Å². The van der Waals surface area contributed by atoms with Crippen molar-refractivity contribution in [3.63, 3.8) is 0 Å². The highest BCUT2D eigenvalue weighted by Gasteiger charge is 2.26. The number of hydrogen-bond donors (Lipinski definition) is 2. The number of urea groups is 1. The van der Waals surface area contributed by atoms with Gasteiger partial charge in [-0.2, -0.15) is 0 Å². The van der Waals surface area contributed by atoms with Crippen LogP contribution in [0.25, 0.3) is 0 Å². The number of hydrogen-bond acceptors (Lipinski definition) is 4. The molecule has 1 atom stereocenters. The standard InChI is InChI=1S/C26H30FN3O3S/c27-21-11-9-18(10-12-21)17-30-14-3-6-22(30)13-15-34(32,33)29-26(31)28-25-23-7-1-4-19(23)16-20-5-2-8-24(20)25/h9-13,15-16,22H,1-8,14,17H2,(H2,28,29,31)/b15-13+. The van der Waals surface area contributed by atoms with Crippen molar-refractivity contribution in [3.05, 3.63) is 75.5 Å². The number of aryl methyl sites for hydroxylation is 2. The summed E-state index contributed by atoms with van der Waals surface area (Å²) in [6.45, 7) is 1.46. The van der Waals surface area contributed by atoms with Gasteiger partial charge in [0.1, 0.15) is 5.82 Å². The molecule has 2 N–H and O–H groups in total. The second kappa shape index (κ2) is 9.50. The summed E-state index contributed by atoms with van der Waals surface area (Å²) in [4.78, 5) is 14.8. The summed E-state index contributed by atoms with van der Waals surface area (Å²) in [7, 11) is -3.94. The van der Waals surface area contributed by atoms with Gasteiger partial charge < -0.3 is 5.32 Å². The lowest BCUT2D eigenvalue weighted by Crippen LogP contribution is -2.34. The number of nitrogens with zero attached hydrogens (tertiary/aromatic N) is 1. The number of nitrogens with one attached hydrogen (secondary N) is 2. The van der Waals surface area contributed by atoms with Crippen LogP contribution in [0, 0.1) is 5.82 Å². The minimum atomic E-state index is -3.94. The van der Waals surface area contributed by atoms with Crippen molar-refractivity contribution in [1.82, 2.24) is 9.62 Å². The summed E-state index contributed by atoms with van der Waals surface area (Å²) in [5, 5.41) is 3.97. The Hall–Kier alpha value is -2.71. The quantitative estimate of drug-likeness (QED) is 0.637. The zero-order valence-corrected chi connectivity index (χ0v) is 20.0. The number of fused-ring (bicyclic) bond motifs is 2. The molecule has 3 aliphatic rings. The molecule has 5 rings (SSSR count). The third-order valence-corrected chi connectivity index (χ3v) is 8.12. The maximum absolute atomic E-state index is 13.2. The van der Waals surface area contributed by atoms with Gasteiger partial charge in [-0.25, -0.2) is 22.3 Å². The van der Waals surface area contributed by atoms with Gasteiger partial charge in [-0.15, -0.1) is 0 Å². The number of halogens is 1. The second-order valence-electron chi connectivity index (χ2n) is 9.47. The molecule has 6 nitrogen and oxygen atoms in total. The normalized spacial score (nSPS) is 20.0. The Labute approximate surface area is 200 Å². The minimum absolute atomic E-state index is 0.0506. The number of rotatable bonds is 6. The van der Waals surface area contributed by atoms with Crippen LogP contribution in [0.2, 0.25) is 0 Å². The Morgan fingerprint density at radius 3 is 2.38 bits per heavy atom. The number of amides is 2. The predicted molar refractivity (Wildman–Crippen MR) is 131 cm³/mol. The van der Waals surface area contributed by atoms with Gasteiger partial charge in [0.05, 0.1) is 0 Å². The highest BCUT2D eigenvalue weighted by Crippen LogP contribution is 2.38. The number of likely N-dealkylation sites (tertiary alicyclic amines) is 1. The summed E-state index contributed by atoms with van der Waals surface area (Å²) in [6, 6.07) is 7.86. The minimum Gasteiger partial charge on any atom is -0.307 e. The monoisotopic (exact) mass is 483 g/mol. The van der Waals surface area contributed by atoms with Crippen molar-refractivity contribution < 1.29 is 17.6 Å². The maximum Gasteiger partial charge on any atom is 0.333 e. The fraction of sp³-hybridized carbons (Fsp3) is 0.423. The van der Waals surface area contributed by atoms with Gasteiger partial charge in [0.25, 0.3) is 10.0 Å². The van der Waals surface area contributed by atoms with E-state index < -0.39 is 16.1 Å². The first-order valence-corrected chi connectivity index (χ1v) is 13.6. The average Bonchev–Trinajstić information content (AvgIpc) is 3.54. The van der Waals surface area contributed by atoms with Crippen molar-refractivity contribution >= 4 is 21.7 Å². The molecule has 8 heteroatoms. The number of carbonyl (C=O) groups excluding carboxylic acids is 1. The second-order valence-corrected chi connectivity index (χ2v) is 11.0. The molecule has 2 aromatic rings. The van der Waals surface area contributed by atoms with E-state index in [0.717, 1.165) is 85.7 Å². The highest BCUT2D eigenvalue weighted by molar-refractivity contribution is 7.92. The highest BCUT2D eigenvalue weighted by atomic mass is 32.2. The average molecular weight is 484 g/mol. The number of benzene rings is 2. The van der Waals surface area contributed by atoms with E-state index in [2.05, 4.69) is 21.0 Å². The first kappa shape index (κ1) is 23.1. The van der Waals surface area contributed by atoms with Gasteiger partial charge in [0.15, 0.2) is 0 Å². The Kier molecular flexibility index (Phi) is 6.44. The van der Waals surface area contributed by atoms with Crippen LogP contribution in [-0.2, 0) is 42.3 Å². The van der Waals surface area contributed by atoms with Gasteiger partial charge in [0, 0.05) is 23.7 Å². The molecule has 1 fully saturated rings. The van der Waals surface area contributed by atoms with Gasteiger partial charge >= 0.3 is 6.03 Å². The zero-order valence-electron chi connectivity index (χ0n) is 19.1. The summed E-state index contributed by atoms with van der Waals surface area (Å²) in [6.07, 6.45) is 9.40. The summed E-state index contributed by atoms with van der Waals surface area (Å²) >= 11 is 0. The van der Waals surface area contributed by atoms with Gasteiger partial charge in [-0.05, 0) is 97.9 Å². The van der Waals surface area contributed by atoms with E-state index in [4.69, 9.17) is 0 Å². The largest absolute Gasteiger partial charge is 0.333 e. The molecule has 0 spiro atoms. The molecular weight excluding hydrogens is 453 g/mol. The molecule has 0 bridgehead atoms. The van der Waals surface area contributed by atoms with Crippen LogP contribution in [0.4, 0.5) is 14.9 Å². The van der Waals surface area contributed by atoms with E-state index in [0.29, 0.717) is 6.54 Å². The van der Waals surface area contributed by atoms with Crippen LogP contribution in [-0.4, -0.2) is 31.9 Å². The van der Waals surface area contributed by atoms with E-state index in [1.165, 1.54) is 23.3 Å². The van der Waals surface area contributed by atoms with E-state index >= 15 is 0 Å². The number of carbonyl (C=O) groups is 1. The summed E-state index contributed by atoms with van der Waals surface area (Å²) < 4.78 is 40.6. The molecule has 2 aromatic carbocycles. The lowest BCUT2D eigenvalue weighted by atomic mass is 9.99. The van der Waals surface area contributed by atoms with Crippen LogP contribution < -0.4 is 10.0 Å². The lowest BCUT2D eigenvalue weighted by molar-refractivity contribution is 0.256. The Morgan fingerprint density at radius 1 is 1.03 bits per heavy atom. The first-order chi connectivity index (χ1) is 16.4. The third-order valence-electron chi connectivity index (χ3n) is 7.14. The first-order valence-electron chi connectivity index (χ1n) is 12.0. The van der Waals surface area contributed by atoms with Crippen LogP contribution in [0.1, 0.15) is 53.5 Å². The lowest BCUT2D eigenvalue weighted by Gasteiger charge is -2.21. The molecule has 2 aliphatic carbocycles. The van der Waals surface area contributed by atoms with Crippen molar-refractivity contribution in [2.24, 2.45) is 0 Å². The summed E-state index contributed by atoms with van der Waals surface area (Å²) in [5.74, 6) is -0.275. The topological polar surface area (TPSA) is 78.5 Å². The molecule has 1 unspecified atom stereocenters. The fourth-order valence-corrected chi connectivity index (χ4v) is 6.32. The van der Waals surface area contributed by atoms with Crippen LogP contribution in [0.5, 0.6) is 0 Å². The smallest absolute Gasteiger partial charge is 0.307 e. The molecule has 1 saturated heterocycles. The molecule has 180 valence electrons. The molecule has 0 saturated carbocycles. The molecule has 0 aromatic heterocycles. The summed E-state index contributed by atoms with van der Waals surface area (Å²) in [5.41, 5.74) is 6.67. The SMILES string of the molecule is O=C(Nc1c2c(cc3c1CCC3)CCC2)NS(=O)(=O)/C=C/C1CCCN1Cc1ccc(F)cc1. The molecule has 1 heterocycles. The zero-order chi connectivity index (χ0) is 23.7. The fourth-order valence-electron chi connectivity index (χ4n) is 5.55. The Morgan fingerprint density at radius 2 is 1.71 bits per heavy atom. The van der Waals surface area contributed by atoms with E-state index in [1.807, 2.05) is 0 Å². The molecule has 2 amide bonds. The number of anilines is 1. The molecule has 1 aliphatic heterocycles. The predicted octanol–water partition coefficient (Wildman–Crippen LogP) is 4.43. The molecule has 34 heavy (non-hydrogen) atoms. The Bertz CT molecular complexity index is 1190. The number of sulfonamides is 1. The van der Waals surface area contributed by atoms with E-state index in [1.54, 1.807) is 18.2 Å². The third kappa shape index (κ3) is 5.03. The van der Waals surface area contributed by atoms with Gasteiger partial charge in [0.2, 0.25) is 0 Å².